The van der Waals surface area contributed by atoms with E-state index in [1.807, 2.05) is 6.92 Å². The Morgan fingerprint density at radius 1 is 1.50 bits per heavy atom. The van der Waals surface area contributed by atoms with Gasteiger partial charge in [0.15, 0.2) is 0 Å². The molecule has 0 saturated carbocycles. The van der Waals surface area contributed by atoms with Gasteiger partial charge in [-0.2, -0.15) is 0 Å². The second kappa shape index (κ2) is 5.99. The summed E-state index contributed by atoms with van der Waals surface area (Å²) in [6.45, 7) is 2.03. The standard InChI is InChI=1S/C12H14BrFO2/c1-2-3-4-9-10(13)6-5-8(12(9)14)7-11(15)16/h5-6H,2-4,7H2,1H3,(H,15,16). The maximum absolute atomic E-state index is 13.9. The molecule has 0 fully saturated rings. The molecular formula is C12H14BrFO2. The largest absolute Gasteiger partial charge is 0.481 e. The van der Waals surface area contributed by atoms with E-state index >= 15 is 0 Å². The normalized spacial score (nSPS) is 10.4. The number of halogens is 2. The van der Waals surface area contributed by atoms with Crippen molar-refractivity contribution in [2.45, 2.75) is 32.6 Å². The molecule has 1 aromatic rings. The SMILES string of the molecule is CCCCc1c(Br)ccc(CC(=O)O)c1F. The molecule has 1 N–H and O–H groups in total. The van der Waals surface area contributed by atoms with E-state index in [9.17, 15) is 9.18 Å². The van der Waals surface area contributed by atoms with Gasteiger partial charge in [-0.15, -0.1) is 0 Å². The van der Waals surface area contributed by atoms with Crippen molar-refractivity contribution >= 4 is 21.9 Å². The lowest BCUT2D eigenvalue weighted by Gasteiger charge is -2.09. The van der Waals surface area contributed by atoms with Gasteiger partial charge in [-0.1, -0.05) is 35.3 Å². The van der Waals surface area contributed by atoms with Gasteiger partial charge in [-0.3, -0.25) is 4.79 Å². The van der Waals surface area contributed by atoms with Crippen molar-refractivity contribution in [3.63, 3.8) is 0 Å². The number of benzene rings is 1. The second-order valence-electron chi connectivity index (χ2n) is 3.67. The van der Waals surface area contributed by atoms with E-state index in [0.29, 0.717) is 16.5 Å². The quantitative estimate of drug-likeness (QED) is 0.900. The van der Waals surface area contributed by atoms with E-state index in [1.165, 1.54) is 6.07 Å². The molecule has 1 rings (SSSR count). The van der Waals surface area contributed by atoms with E-state index < -0.39 is 5.97 Å². The van der Waals surface area contributed by atoms with Gasteiger partial charge in [0.05, 0.1) is 6.42 Å². The first-order chi connectivity index (χ1) is 7.56. The van der Waals surface area contributed by atoms with Crippen LogP contribution in [-0.4, -0.2) is 11.1 Å². The van der Waals surface area contributed by atoms with Crippen LogP contribution < -0.4 is 0 Å². The monoisotopic (exact) mass is 288 g/mol. The summed E-state index contributed by atoms with van der Waals surface area (Å²) in [7, 11) is 0. The van der Waals surface area contributed by atoms with Gasteiger partial charge in [-0.25, -0.2) is 4.39 Å². The van der Waals surface area contributed by atoms with Gasteiger partial charge in [0, 0.05) is 10.0 Å². The van der Waals surface area contributed by atoms with Crippen LogP contribution >= 0.6 is 15.9 Å². The summed E-state index contributed by atoms with van der Waals surface area (Å²) in [5.41, 5.74) is 0.836. The average Bonchev–Trinajstić information content (AvgIpc) is 2.22. The lowest BCUT2D eigenvalue weighted by atomic mass is 10.0. The molecule has 0 aliphatic rings. The Balaban J connectivity index is 3.01. The number of hydrogen-bond acceptors (Lipinski definition) is 1. The molecular weight excluding hydrogens is 275 g/mol. The van der Waals surface area contributed by atoms with Crippen molar-refractivity contribution in [2.24, 2.45) is 0 Å². The molecule has 1 aromatic carbocycles. The maximum Gasteiger partial charge on any atom is 0.307 e. The highest BCUT2D eigenvalue weighted by Gasteiger charge is 2.13. The number of aliphatic carboxylic acids is 1. The van der Waals surface area contributed by atoms with E-state index in [1.54, 1.807) is 6.07 Å². The predicted molar refractivity (Wildman–Crippen MR) is 64.1 cm³/mol. The van der Waals surface area contributed by atoms with E-state index in [-0.39, 0.29) is 17.8 Å². The van der Waals surface area contributed by atoms with Crippen molar-refractivity contribution in [2.75, 3.05) is 0 Å². The average molecular weight is 289 g/mol. The molecule has 0 spiro atoms. The maximum atomic E-state index is 13.9. The van der Waals surface area contributed by atoms with Crippen molar-refractivity contribution < 1.29 is 14.3 Å². The van der Waals surface area contributed by atoms with E-state index in [0.717, 1.165) is 12.8 Å². The lowest BCUT2D eigenvalue weighted by molar-refractivity contribution is -0.136. The van der Waals surface area contributed by atoms with Gasteiger partial charge in [0.25, 0.3) is 0 Å². The van der Waals surface area contributed by atoms with Crippen LogP contribution in [0.2, 0.25) is 0 Å². The molecule has 0 aliphatic heterocycles. The van der Waals surface area contributed by atoms with Gasteiger partial charge in [0.1, 0.15) is 5.82 Å². The minimum atomic E-state index is -1.01. The molecule has 0 aromatic heterocycles. The highest BCUT2D eigenvalue weighted by atomic mass is 79.9. The van der Waals surface area contributed by atoms with Crippen LogP contribution in [0, 0.1) is 5.82 Å². The number of hydrogen-bond donors (Lipinski definition) is 1. The number of carbonyl (C=O) groups is 1. The van der Waals surface area contributed by atoms with Crippen LogP contribution in [0.25, 0.3) is 0 Å². The van der Waals surface area contributed by atoms with E-state index in [4.69, 9.17) is 5.11 Å². The van der Waals surface area contributed by atoms with Crippen molar-refractivity contribution in [1.29, 1.82) is 0 Å². The van der Waals surface area contributed by atoms with Crippen LogP contribution in [-0.2, 0) is 17.6 Å². The number of rotatable bonds is 5. The summed E-state index contributed by atoms with van der Waals surface area (Å²) in [6.07, 6.45) is 2.25. The zero-order valence-electron chi connectivity index (χ0n) is 9.09. The predicted octanol–water partition coefficient (Wildman–Crippen LogP) is 3.56. The third kappa shape index (κ3) is 3.30. The Bertz CT molecular complexity index is 391. The van der Waals surface area contributed by atoms with Gasteiger partial charge in [0.2, 0.25) is 0 Å². The molecule has 0 amide bonds. The minimum absolute atomic E-state index is 0.252. The summed E-state index contributed by atoms with van der Waals surface area (Å²) in [5, 5.41) is 8.65. The summed E-state index contributed by atoms with van der Waals surface area (Å²) in [6, 6.07) is 3.23. The minimum Gasteiger partial charge on any atom is -0.481 e. The molecule has 0 aliphatic carbocycles. The van der Waals surface area contributed by atoms with E-state index in [2.05, 4.69) is 15.9 Å². The van der Waals surface area contributed by atoms with Gasteiger partial charge >= 0.3 is 5.97 Å². The number of carboxylic acid groups (broad SMARTS) is 1. The number of carboxylic acids is 1. The zero-order valence-corrected chi connectivity index (χ0v) is 10.7. The highest BCUT2D eigenvalue weighted by molar-refractivity contribution is 9.10. The molecule has 0 heterocycles. The van der Waals surface area contributed by atoms with Crippen LogP contribution in [0.15, 0.2) is 16.6 Å². The summed E-state index contributed by atoms with van der Waals surface area (Å²) in [5.74, 6) is -1.40. The fourth-order valence-corrected chi connectivity index (χ4v) is 2.03. The van der Waals surface area contributed by atoms with Crippen LogP contribution in [0.5, 0.6) is 0 Å². The second-order valence-corrected chi connectivity index (χ2v) is 4.53. The Hall–Kier alpha value is -0.900. The molecule has 0 bridgehead atoms. The Morgan fingerprint density at radius 2 is 2.19 bits per heavy atom. The fourth-order valence-electron chi connectivity index (χ4n) is 1.53. The Kier molecular flexibility index (Phi) is 4.93. The van der Waals surface area contributed by atoms with Crippen molar-refractivity contribution in [3.8, 4) is 0 Å². The molecule has 16 heavy (non-hydrogen) atoms. The highest BCUT2D eigenvalue weighted by Crippen LogP contribution is 2.25. The third-order valence-corrected chi connectivity index (χ3v) is 3.13. The summed E-state index contributed by atoms with van der Waals surface area (Å²) >= 11 is 3.29. The molecule has 0 saturated heterocycles. The molecule has 0 atom stereocenters. The lowest BCUT2D eigenvalue weighted by Crippen LogP contribution is -2.05. The third-order valence-electron chi connectivity index (χ3n) is 2.39. The first kappa shape index (κ1) is 13.2. The molecule has 4 heteroatoms. The Morgan fingerprint density at radius 3 is 2.75 bits per heavy atom. The summed E-state index contributed by atoms with van der Waals surface area (Å²) < 4.78 is 14.6. The zero-order chi connectivity index (χ0) is 12.1. The Labute approximate surface area is 103 Å². The first-order valence-corrected chi connectivity index (χ1v) is 6.03. The van der Waals surface area contributed by atoms with Crippen LogP contribution in [0.1, 0.15) is 30.9 Å². The van der Waals surface area contributed by atoms with Gasteiger partial charge in [-0.05, 0) is 24.5 Å². The van der Waals surface area contributed by atoms with Crippen LogP contribution in [0.4, 0.5) is 4.39 Å². The smallest absolute Gasteiger partial charge is 0.307 e. The molecule has 88 valence electrons. The molecule has 0 radical (unpaired) electrons. The van der Waals surface area contributed by atoms with Gasteiger partial charge < -0.3 is 5.11 Å². The van der Waals surface area contributed by atoms with Crippen LogP contribution in [0.3, 0.4) is 0 Å². The topological polar surface area (TPSA) is 37.3 Å². The molecule has 2 nitrogen and oxygen atoms in total. The summed E-state index contributed by atoms with van der Waals surface area (Å²) in [4.78, 5) is 10.6. The fraction of sp³-hybridized carbons (Fsp3) is 0.417. The number of unbranched alkanes of at least 4 members (excludes halogenated alkanes) is 1. The van der Waals surface area contributed by atoms with Crippen molar-refractivity contribution in [3.05, 3.63) is 33.5 Å². The first-order valence-electron chi connectivity index (χ1n) is 5.23. The van der Waals surface area contributed by atoms with Crippen molar-refractivity contribution in [1.82, 2.24) is 0 Å². The molecule has 0 unspecified atom stereocenters.